The lowest BCUT2D eigenvalue weighted by atomic mass is 10.2. The van der Waals surface area contributed by atoms with Gasteiger partial charge in [-0.2, -0.15) is 0 Å². The van der Waals surface area contributed by atoms with E-state index < -0.39 is 16.8 Å². The first-order valence-corrected chi connectivity index (χ1v) is 16.3. The molecule has 0 aromatic carbocycles. The van der Waals surface area contributed by atoms with Crippen LogP contribution in [-0.4, -0.2) is 152 Å². The molecule has 1 rings (SSSR count). The number of ether oxygens (including phenoxy) is 3. The van der Waals surface area contributed by atoms with Gasteiger partial charge in [0.05, 0.1) is 26.2 Å². The predicted molar refractivity (Wildman–Crippen MR) is 175 cm³/mol. The molecule has 0 radical (unpaired) electrons. The number of rotatable bonds is 12. The highest BCUT2D eigenvalue weighted by molar-refractivity contribution is 5.78. The molecule has 1 fully saturated rings. The van der Waals surface area contributed by atoms with Crippen molar-refractivity contribution < 1.29 is 33.4 Å². The summed E-state index contributed by atoms with van der Waals surface area (Å²) in [6.45, 7) is 22.1. The van der Waals surface area contributed by atoms with E-state index in [0.29, 0.717) is 65.4 Å². The Bertz CT molecular complexity index is 880. The van der Waals surface area contributed by atoms with Crippen molar-refractivity contribution in [3.05, 3.63) is 0 Å². The number of carbonyl (C=O) groups excluding carboxylic acids is 4. The van der Waals surface area contributed by atoms with Gasteiger partial charge in [0.2, 0.25) is 5.91 Å². The second-order valence-corrected chi connectivity index (χ2v) is 14.7. The van der Waals surface area contributed by atoms with Crippen molar-refractivity contribution in [3.8, 4) is 0 Å². The Morgan fingerprint density at radius 3 is 1.09 bits per heavy atom. The van der Waals surface area contributed by atoms with E-state index in [1.165, 1.54) is 0 Å². The minimum absolute atomic E-state index is 0.0777. The highest BCUT2D eigenvalue weighted by Crippen LogP contribution is 2.11. The normalized spacial score (nSPS) is 17.6. The van der Waals surface area contributed by atoms with Crippen LogP contribution in [0.2, 0.25) is 0 Å². The van der Waals surface area contributed by atoms with Gasteiger partial charge in [-0.05, 0) is 81.7 Å². The second-order valence-electron chi connectivity index (χ2n) is 14.7. The van der Waals surface area contributed by atoms with Gasteiger partial charge in [-0.1, -0.05) is 0 Å². The number of amides is 1. The van der Waals surface area contributed by atoms with Crippen LogP contribution < -0.4 is 11.1 Å². The van der Waals surface area contributed by atoms with Crippen molar-refractivity contribution in [3.63, 3.8) is 0 Å². The summed E-state index contributed by atoms with van der Waals surface area (Å²) in [6.07, 6.45) is 1.66. The summed E-state index contributed by atoms with van der Waals surface area (Å²) in [6, 6.07) is 0. The fourth-order valence-electron chi connectivity index (χ4n) is 4.64. The largest absolute Gasteiger partial charge is 0.459 e. The molecule has 0 aromatic heterocycles. The van der Waals surface area contributed by atoms with Crippen LogP contribution in [0.4, 0.5) is 0 Å². The van der Waals surface area contributed by atoms with E-state index in [-0.39, 0.29) is 50.0 Å². The van der Waals surface area contributed by atoms with Crippen molar-refractivity contribution in [2.24, 2.45) is 5.73 Å². The van der Waals surface area contributed by atoms with Gasteiger partial charge in [-0.15, -0.1) is 0 Å². The molecule has 13 heteroatoms. The molecule has 1 aliphatic heterocycles. The molecule has 1 amide bonds. The highest BCUT2D eigenvalue weighted by Gasteiger charge is 2.26. The first kappa shape index (κ1) is 40.7. The third-order valence-electron chi connectivity index (χ3n) is 6.57. The van der Waals surface area contributed by atoms with E-state index >= 15 is 0 Å². The number of esters is 3. The third-order valence-corrected chi connectivity index (χ3v) is 6.57. The molecular formula is C32H62N6O7. The molecule has 1 saturated heterocycles. The topological polar surface area (TPSA) is 147 Å². The Kier molecular flexibility index (Phi) is 17.5. The van der Waals surface area contributed by atoms with Crippen LogP contribution in [0.3, 0.4) is 0 Å². The fourth-order valence-corrected chi connectivity index (χ4v) is 4.64. The van der Waals surface area contributed by atoms with Crippen molar-refractivity contribution in [2.75, 3.05) is 91.6 Å². The smallest absolute Gasteiger partial charge is 0.320 e. The molecule has 13 nitrogen and oxygen atoms in total. The lowest BCUT2D eigenvalue weighted by molar-refractivity contribution is -0.158. The van der Waals surface area contributed by atoms with E-state index in [9.17, 15) is 19.2 Å². The van der Waals surface area contributed by atoms with Crippen LogP contribution in [0, 0.1) is 0 Å². The third kappa shape index (κ3) is 21.9. The number of nitrogens with two attached hydrogens (primary N) is 1. The van der Waals surface area contributed by atoms with Crippen LogP contribution >= 0.6 is 0 Å². The predicted octanol–water partition coefficient (Wildman–Crippen LogP) is 1.09. The van der Waals surface area contributed by atoms with Crippen LogP contribution in [0.5, 0.6) is 0 Å². The van der Waals surface area contributed by atoms with Gasteiger partial charge in [0.1, 0.15) is 16.8 Å². The van der Waals surface area contributed by atoms with Gasteiger partial charge >= 0.3 is 17.9 Å². The van der Waals surface area contributed by atoms with Gasteiger partial charge in [0, 0.05) is 58.9 Å². The molecule has 0 spiro atoms. The van der Waals surface area contributed by atoms with E-state index in [4.69, 9.17) is 19.9 Å². The minimum atomic E-state index is -0.616. The Labute approximate surface area is 271 Å². The Hall–Kier alpha value is -2.32. The molecule has 0 atom stereocenters. The van der Waals surface area contributed by atoms with E-state index in [0.717, 1.165) is 12.8 Å². The maximum atomic E-state index is 12.8. The highest BCUT2D eigenvalue weighted by atomic mass is 16.6. The van der Waals surface area contributed by atoms with Crippen LogP contribution in [0.25, 0.3) is 0 Å². The molecule has 0 unspecified atom stereocenters. The zero-order valence-electron chi connectivity index (χ0n) is 29.5. The molecule has 3 N–H and O–H groups in total. The molecule has 0 aliphatic carbocycles. The van der Waals surface area contributed by atoms with Gasteiger partial charge in [-0.3, -0.25) is 38.8 Å². The number of nitrogens with zero attached hydrogens (tertiary/aromatic N) is 4. The van der Waals surface area contributed by atoms with Gasteiger partial charge in [0.15, 0.2) is 0 Å². The van der Waals surface area contributed by atoms with Crippen molar-refractivity contribution in [1.29, 1.82) is 0 Å². The Morgan fingerprint density at radius 1 is 0.533 bits per heavy atom. The Balaban J connectivity index is 3.18. The van der Waals surface area contributed by atoms with E-state index in [1.807, 2.05) is 81.9 Å². The summed E-state index contributed by atoms with van der Waals surface area (Å²) in [5, 5.41) is 2.97. The summed E-state index contributed by atoms with van der Waals surface area (Å²) < 4.78 is 16.8. The standard InChI is InChI=1S/C32H62N6O7/c1-30(2,3)43-27(40)23-36-16-14-35(22-26(39)34-13-11-10-12-33)15-17-37(24-28(41)44-31(4,5)6)19-21-38(20-18-36)25-29(42)45-32(7,8)9/h10-25,33H2,1-9H3,(H,34,39). The zero-order valence-corrected chi connectivity index (χ0v) is 29.5. The molecule has 0 bridgehead atoms. The molecule has 262 valence electrons. The molecule has 0 saturated carbocycles. The van der Waals surface area contributed by atoms with Gasteiger partial charge < -0.3 is 25.3 Å². The van der Waals surface area contributed by atoms with Crippen LogP contribution in [-0.2, 0) is 33.4 Å². The van der Waals surface area contributed by atoms with E-state index in [2.05, 4.69) is 5.32 Å². The quantitative estimate of drug-likeness (QED) is 0.178. The van der Waals surface area contributed by atoms with Crippen molar-refractivity contribution >= 4 is 23.8 Å². The van der Waals surface area contributed by atoms with Crippen molar-refractivity contribution in [1.82, 2.24) is 24.9 Å². The number of hydrogen-bond donors (Lipinski definition) is 2. The van der Waals surface area contributed by atoms with Gasteiger partial charge in [0.25, 0.3) is 0 Å². The first-order valence-electron chi connectivity index (χ1n) is 16.3. The summed E-state index contributed by atoms with van der Waals surface area (Å²) in [5.41, 5.74) is 3.73. The molecule has 1 aliphatic rings. The Morgan fingerprint density at radius 2 is 0.822 bits per heavy atom. The average molecular weight is 643 g/mol. The monoisotopic (exact) mass is 642 g/mol. The number of unbranched alkanes of at least 4 members (excludes halogenated alkanes) is 1. The van der Waals surface area contributed by atoms with Crippen molar-refractivity contribution in [2.45, 2.75) is 92.0 Å². The fraction of sp³-hybridized carbons (Fsp3) is 0.875. The maximum Gasteiger partial charge on any atom is 0.320 e. The van der Waals surface area contributed by atoms with Gasteiger partial charge in [-0.25, -0.2) is 0 Å². The summed E-state index contributed by atoms with van der Waals surface area (Å²) in [5.74, 6) is -1.09. The summed E-state index contributed by atoms with van der Waals surface area (Å²) in [7, 11) is 0. The zero-order chi connectivity index (χ0) is 34.3. The summed E-state index contributed by atoms with van der Waals surface area (Å²) in [4.78, 5) is 59.3. The maximum absolute atomic E-state index is 12.8. The lowest BCUT2D eigenvalue weighted by Gasteiger charge is -2.34. The van der Waals surface area contributed by atoms with Crippen LogP contribution in [0.1, 0.15) is 75.2 Å². The summed E-state index contributed by atoms with van der Waals surface area (Å²) >= 11 is 0. The SMILES string of the molecule is CC(C)(C)OC(=O)CN1CCN(CC(=O)NCCCCN)CCN(CC(=O)OC(C)(C)C)CCN(CC(=O)OC(C)(C)C)CC1. The molecular weight excluding hydrogens is 580 g/mol. The average Bonchev–Trinajstić information content (AvgIpc) is 2.84. The molecule has 0 aromatic rings. The van der Waals surface area contributed by atoms with Crippen LogP contribution in [0.15, 0.2) is 0 Å². The molecule has 1 heterocycles. The minimum Gasteiger partial charge on any atom is -0.459 e. The number of nitrogens with one attached hydrogen (secondary N) is 1. The second kappa shape index (κ2) is 19.4. The lowest BCUT2D eigenvalue weighted by Crippen LogP contribution is -2.50. The number of hydrogen-bond acceptors (Lipinski definition) is 12. The number of carbonyl (C=O) groups is 4. The molecule has 45 heavy (non-hydrogen) atoms. The first-order chi connectivity index (χ1) is 20.7. The van der Waals surface area contributed by atoms with E-state index in [1.54, 1.807) is 0 Å².